The van der Waals surface area contributed by atoms with Crippen molar-refractivity contribution in [3.8, 4) is 0 Å². The zero-order valence-corrected chi connectivity index (χ0v) is 51.7. The van der Waals surface area contributed by atoms with E-state index in [0.29, 0.717) is 19.3 Å². The van der Waals surface area contributed by atoms with Crippen molar-refractivity contribution in [2.24, 2.45) is 0 Å². The van der Waals surface area contributed by atoms with Gasteiger partial charge in [0.1, 0.15) is 12.7 Å². The second-order valence-electron chi connectivity index (χ2n) is 20.8. The number of hydrogen-bond acceptors (Lipinski definition) is 10. The number of aliphatic hydroxyl groups excluding tert-OH is 1. The van der Waals surface area contributed by atoms with Crippen LogP contribution in [0.1, 0.15) is 265 Å². The molecule has 0 bridgehead atoms. The molecule has 0 heterocycles. The van der Waals surface area contributed by atoms with Gasteiger partial charge in [0.05, 0.1) is 19.8 Å². The van der Waals surface area contributed by atoms with Gasteiger partial charge in [-0.2, -0.15) is 0 Å². The highest BCUT2D eigenvalue weighted by Gasteiger charge is 2.28. The van der Waals surface area contributed by atoms with E-state index in [-0.39, 0.29) is 25.9 Å². The number of ether oxygens (including phenoxy) is 3. The van der Waals surface area contributed by atoms with Gasteiger partial charge in [0.25, 0.3) is 0 Å². The Balaban J connectivity index is 4.76. The Hall–Kier alpha value is -3.86. The normalized spacial score (nSPS) is 14.0. The van der Waals surface area contributed by atoms with Gasteiger partial charge < -0.3 is 24.2 Å². The first-order valence-electron chi connectivity index (χ1n) is 31.8. The van der Waals surface area contributed by atoms with Crippen LogP contribution >= 0.6 is 7.82 Å². The van der Waals surface area contributed by atoms with Crippen LogP contribution in [0.2, 0.25) is 0 Å². The number of hydrogen-bond donors (Lipinski definition) is 2. The van der Waals surface area contributed by atoms with Gasteiger partial charge in [-0.15, -0.1) is 0 Å². The van der Waals surface area contributed by atoms with Crippen molar-refractivity contribution in [3.05, 3.63) is 109 Å². The predicted octanol–water partition coefficient (Wildman–Crippen LogP) is 19.4. The number of aliphatic hydroxyl groups is 1. The highest BCUT2D eigenvalue weighted by molar-refractivity contribution is 7.47. The molecule has 3 atom stereocenters. The average molecular weight is 1140 g/mol. The number of carbonyl (C=O) groups is 3. The van der Waals surface area contributed by atoms with Crippen LogP contribution in [0.25, 0.3) is 0 Å². The fourth-order valence-electron chi connectivity index (χ4n) is 8.39. The third-order valence-corrected chi connectivity index (χ3v) is 14.1. The van der Waals surface area contributed by atoms with Crippen LogP contribution in [-0.4, -0.2) is 66.5 Å². The van der Waals surface area contributed by atoms with Gasteiger partial charge in [0.15, 0.2) is 6.10 Å². The lowest BCUT2D eigenvalue weighted by atomic mass is 10.1. The lowest BCUT2D eigenvalue weighted by Gasteiger charge is -2.21. The first-order chi connectivity index (χ1) is 39.2. The van der Waals surface area contributed by atoms with Crippen molar-refractivity contribution in [2.45, 2.75) is 277 Å². The van der Waals surface area contributed by atoms with E-state index >= 15 is 0 Å². The van der Waals surface area contributed by atoms with E-state index in [4.69, 9.17) is 23.3 Å². The van der Waals surface area contributed by atoms with Gasteiger partial charge in [-0.05, 0) is 122 Å². The van der Waals surface area contributed by atoms with Gasteiger partial charge in [0.2, 0.25) is 0 Å². The summed E-state index contributed by atoms with van der Waals surface area (Å²) >= 11 is 0. The Morgan fingerprint density at radius 2 is 0.650 bits per heavy atom. The monoisotopic (exact) mass is 1140 g/mol. The molecule has 0 rings (SSSR count). The van der Waals surface area contributed by atoms with Crippen molar-refractivity contribution in [3.63, 3.8) is 0 Å². The molecule has 3 unspecified atom stereocenters. The highest BCUT2D eigenvalue weighted by Crippen LogP contribution is 2.43. The smallest absolute Gasteiger partial charge is 0.462 e. The molecule has 0 aliphatic carbocycles. The maximum absolute atomic E-state index is 13.0. The van der Waals surface area contributed by atoms with Crippen LogP contribution in [0.15, 0.2) is 109 Å². The molecule has 0 saturated carbocycles. The average Bonchev–Trinajstić information content (AvgIpc) is 3.45. The van der Waals surface area contributed by atoms with Crippen LogP contribution in [0.3, 0.4) is 0 Å². The molecule has 458 valence electrons. The summed E-state index contributed by atoms with van der Waals surface area (Å²) in [5.74, 6) is -1.50. The zero-order valence-electron chi connectivity index (χ0n) is 50.8. The van der Waals surface area contributed by atoms with Crippen LogP contribution in [0.4, 0.5) is 0 Å². The van der Waals surface area contributed by atoms with Crippen LogP contribution < -0.4 is 0 Å². The van der Waals surface area contributed by atoms with E-state index in [0.717, 1.165) is 148 Å². The highest BCUT2D eigenvalue weighted by atomic mass is 31.2. The molecule has 0 aromatic rings. The van der Waals surface area contributed by atoms with E-state index < -0.39 is 57.8 Å². The Labute approximate surface area is 488 Å². The summed E-state index contributed by atoms with van der Waals surface area (Å²) in [6, 6.07) is 0. The molecule has 0 amide bonds. The molecule has 0 aliphatic rings. The second-order valence-corrected chi connectivity index (χ2v) is 22.3. The third kappa shape index (κ3) is 58.8. The van der Waals surface area contributed by atoms with Crippen molar-refractivity contribution in [1.29, 1.82) is 0 Å². The Kier molecular flexibility index (Phi) is 58.3. The van der Waals surface area contributed by atoms with E-state index in [1.807, 2.05) is 0 Å². The van der Waals surface area contributed by atoms with Crippen LogP contribution in [-0.2, 0) is 42.2 Å². The largest absolute Gasteiger partial charge is 0.472 e. The Bertz CT molecular complexity index is 1760. The fraction of sp³-hybridized carbons (Fsp3) is 0.691. The number of allylic oxidation sites excluding steroid dienone is 18. The third-order valence-electron chi connectivity index (χ3n) is 13.2. The number of phosphoric ester groups is 1. The van der Waals surface area contributed by atoms with Crippen molar-refractivity contribution in [2.75, 3.05) is 26.4 Å². The Morgan fingerprint density at radius 1 is 0.362 bits per heavy atom. The lowest BCUT2D eigenvalue weighted by Crippen LogP contribution is -2.30. The van der Waals surface area contributed by atoms with Crippen LogP contribution in [0.5, 0.6) is 0 Å². The molecule has 2 N–H and O–H groups in total. The summed E-state index contributed by atoms with van der Waals surface area (Å²) < 4.78 is 39.7. The molecule has 12 heteroatoms. The minimum Gasteiger partial charge on any atom is -0.462 e. The van der Waals surface area contributed by atoms with Crippen molar-refractivity contribution < 1.29 is 52.2 Å². The molecule has 0 aromatic carbocycles. The SMILES string of the molecule is CC/C=C\C/C=C\C/C=C\C/C=C\CCCCCCCCC(=O)OCC(COP(=O)(O)OCC(CO)OC(=O)CCCCCCC/C=C\C/C=C\C/C=C\CC)OC(=O)CCCCCCCCCCC/C=C\C/C=C\CCCCC. The van der Waals surface area contributed by atoms with Crippen molar-refractivity contribution >= 4 is 25.7 Å². The summed E-state index contributed by atoms with van der Waals surface area (Å²) in [5.41, 5.74) is 0. The van der Waals surface area contributed by atoms with E-state index in [2.05, 4.69) is 130 Å². The molecule has 0 saturated heterocycles. The van der Waals surface area contributed by atoms with E-state index in [1.54, 1.807) is 0 Å². The maximum Gasteiger partial charge on any atom is 0.472 e. The van der Waals surface area contributed by atoms with Gasteiger partial charge >= 0.3 is 25.7 Å². The van der Waals surface area contributed by atoms with Gasteiger partial charge in [-0.1, -0.05) is 233 Å². The summed E-state index contributed by atoms with van der Waals surface area (Å²) in [7, 11) is -4.77. The molecular weight excluding hydrogens is 1020 g/mol. The predicted molar refractivity (Wildman–Crippen MR) is 334 cm³/mol. The molecule has 0 aliphatic heterocycles. The van der Waals surface area contributed by atoms with Gasteiger partial charge in [-0.3, -0.25) is 23.4 Å². The molecule has 0 spiro atoms. The molecule has 11 nitrogen and oxygen atoms in total. The second kappa shape index (κ2) is 61.2. The maximum atomic E-state index is 13.0. The lowest BCUT2D eigenvalue weighted by molar-refractivity contribution is -0.161. The topological polar surface area (TPSA) is 155 Å². The standard InChI is InChI=1S/C68H115O11P/c1-4-7-10-13-16-19-22-25-28-30-32-34-37-39-42-45-48-51-54-57-66(70)75-61-65(79-68(72)59-56-53-50-47-44-41-38-35-33-31-29-26-23-20-17-14-11-8-5-2)63-77-80(73,74)76-62-64(60-69)78-67(71)58-55-52-49-46-43-40-36-27-24-21-18-15-12-9-6-3/h7,9-10,12,16-21,25-29,32,34,36,64-65,69H,4-6,8,11,13-15,22-24,30-31,33,35,37-63H2,1-3H3,(H,73,74)/b10-7-,12-9-,19-16-,20-17-,21-18-,28-25-,29-26-,34-32-,36-27-. The van der Waals surface area contributed by atoms with Crippen LogP contribution in [0, 0.1) is 0 Å². The number of unbranched alkanes of at least 4 members (excludes halogenated alkanes) is 23. The minimum atomic E-state index is -4.77. The number of esters is 3. The number of carbonyl (C=O) groups excluding carboxylic acids is 3. The summed E-state index contributed by atoms with van der Waals surface area (Å²) in [6.45, 7) is 4.37. The van der Waals surface area contributed by atoms with Crippen molar-refractivity contribution in [1.82, 2.24) is 0 Å². The van der Waals surface area contributed by atoms with Gasteiger partial charge in [0, 0.05) is 19.3 Å². The summed E-state index contributed by atoms with van der Waals surface area (Å²) in [5, 5.41) is 9.84. The zero-order chi connectivity index (χ0) is 58.3. The molecule has 80 heavy (non-hydrogen) atoms. The quantitative estimate of drug-likeness (QED) is 0.0197. The van der Waals surface area contributed by atoms with E-state index in [1.165, 1.54) is 57.8 Å². The molecule has 0 radical (unpaired) electrons. The summed E-state index contributed by atoms with van der Waals surface area (Å²) in [6.07, 6.45) is 74.6. The first kappa shape index (κ1) is 76.1. The molecule has 0 aromatic heterocycles. The number of phosphoric acid groups is 1. The first-order valence-corrected chi connectivity index (χ1v) is 33.3. The van der Waals surface area contributed by atoms with Gasteiger partial charge in [-0.25, -0.2) is 4.57 Å². The minimum absolute atomic E-state index is 0.152. The van der Waals surface area contributed by atoms with E-state index in [9.17, 15) is 28.9 Å². The Morgan fingerprint density at radius 3 is 1.00 bits per heavy atom. The summed E-state index contributed by atoms with van der Waals surface area (Å²) in [4.78, 5) is 48.8. The molecular formula is C68H115O11P. The number of rotatable bonds is 58. The molecule has 0 fully saturated rings. The fourth-order valence-corrected chi connectivity index (χ4v) is 9.18.